The minimum atomic E-state index is -1.01. The Kier molecular flexibility index (Phi) is 2.64. The molecule has 0 aliphatic heterocycles. The number of aryl methyl sites for hydroxylation is 1. The molecule has 1 aliphatic carbocycles. The molecule has 1 aliphatic rings. The van der Waals surface area contributed by atoms with Gasteiger partial charge in [0.05, 0.1) is 0 Å². The van der Waals surface area contributed by atoms with Crippen molar-refractivity contribution in [1.29, 1.82) is 0 Å². The Morgan fingerprint density at radius 2 is 2.31 bits per heavy atom. The van der Waals surface area contributed by atoms with E-state index in [1.54, 1.807) is 6.92 Å². The number of hydrogen-bond donors (Lipinski definition) is 1. The molecule has 1 amide bonds. The predicted molar refractivity (Wildman–Crippen MR) is 52.9 cm³/mol. The maximum atomic E-state index is 12.0. The van der Waals surface area contributed by atoms with E-state index < -0.39 is 5.97 Å². The first kappa shape index (κ1) is 10.7. The van der Waals surface area contributed by atoms with E-state index in [0.717, 1.165) is 12.8 Å². The largest absolute Gasteiger partial charge is 0.480 e. The van der Waals surface area contributed by atoms with Crippen LogP contribution in [0.3, 0.4) is 0 Å². The quantitative estimate of drug-likeness (QED) is 0.812. The smallest absolute Gasteiger partial charge is 0.323 e. The zero-order valence-electron chi connectivity index (χ0n) is 8.84. The molecule has 0 saturated heterocycles. The summed E-state index contributed by atoms with van der Waals surface area (Å²) < 4.78 is 4.93. The van der Waals surface area contributed by atoms with Gasteiger partial charge in [-0.3, -0.25) is 9.59 Å². The van der Waals surface area contributed by atoms with Crippen molar-refractivity contribution in [3.8, 4) is 0 Å². The lowest BCUT2D eigenvalue weighted by Crippen LogP contribution is -2.37. The molecule has 0 bridgehead atoms. The monoisotopic (exact) mass is 224 g/mol. The van der Waals surface area contributed by atoms with Crippen molar-refractivity contribution in [3.05, 3.63) is 17.8 Å². The lowest BCUT2D eigenvalue weighted by atomic mass is 10.3. The molecule has 1 aromatic rings. The molecule has 6 heteroatoms. The van der Waals surface area contributed by atoms with Crippen LogP contribution in [-0.4, -0.2) is 39.5 Å². The van der Waals surface area contributed by atoms with Gasteiger partial charge in [-0.15, -0.1) is 0 Å². The second-order valence-electron chi connectivity index (χ2n) is 3.82. The van der Waals surface area contributed by atoms with E-state index in [1.807, 2.05) is 0 Å². The summed E-state index contributed by atoms with van der Waals surface area (Å²) in [4.78, 5) is 27.8. The number of carboxylic acid groups (broad SMARTS) is 1. The van der Waals surface area contributed by atoms with E-state index in [0.29, 0.717) is 5.76 Å². The summed E-state index contributed by atoms with van der Waals surface area (Å²) in [6.45, 7) is 1.35. The van der Waals surface area contributed by atoms with E-state index in [-0.39, 0.29) is 24.2 Å². The van der Waals surface area contributed by atoms with Crippen LogP contribution in [0.2, 0.25) is 0 Å². The molecule has 1 heterocycles. The molecule has 1 N–H and O–H groups in total. The fraction of sp³-hybridized carbons (Fsp3) is 0.500. The minimum Gasteiger partial charge on any atom is -0.480 e. The normalized spacial score (nSPS) is 14.8. The van der Waals surface area contributed by atoms with Gasteiger partial charge in [-0.25, -0.2) is 4.98 Å². The summed E-state index contributed by atoms with van der Waals surface area (Å²) in [5, 5.41) is 8.74. The Bertz CT molecular complexity index is 422. The van der Waals surface area contributed by atoms with Gasteiger partial charge in [0.25, 0.3) is 5.91 Å². The fourth-order valence-corrected chi connectivity index (χ4v) is 1.55. The van der Waals surface area contributed by atoms with Crippen molar-refractivity contribution in [3.63, 3.8) is 0 Å². The summed E-state index contributed by atoms with van der Waals surface area (Å²) in [6, 6.07) is 0.0414. The topological polar surface area (TPSA) is 83.6 Å². The lowest BCUT2D eigenvalue weighted by molar-refractivity contribution is -0.137. The summed E-state index contributed by atoms with van der Waals surface area (Å²) >= 11 is 0. The molecule has 1 saturated carbocycles. The minimum absolute atomic E-state index is 0.0414. The van der Waals surface area contributed by atoms with Crippen molar-refractivity contribution in [2.75, 3.05) is 6.54 Å². The number of aliphatic carboxylic acids is 1. The van der Waals surface area contributed by atoms with Crippen LogP contribution in [0.25, 0.3) is 0 Å². The number of carboxylic acids is 1. The SMILES string of the molecule is Cc1ocnc1C(=O)N(CC(=O)O)C1CC1. The van der Waals surface area contributed by atoms with Crippen molar-refractivity contribution >= 4 is 11.9 Å². The van der Waals surface area contributed by atoms with Gasteiger partial charge in [0, 0.05) is 6.04 Å². The molecule has 16 heavy (non-hydrogen) atoms. The Labute approximate surface area is 91.9 Å². The molecule has 0 unspecified atom stereocenters. The number of amides is 1. The van der Waals surface area contributed by atoms with Gasteiger partial charge in [0.2, 0.25) is 0 Å². The number of carbonyl (C=O) groups excluding carboxylic acids is 1. The van der Waals surface area contributed by atoms with Gasteiger partial charge in [0.1, 0.15) is 12.3 Å². The van der Waals surface area contributed by atoms with Crippen LogP contribution in [0.5, 0.6) is 0 Å². The summed E-state index contributed by atoms with van der Waals surface area (Å²) in [7, 11) is 0. The summed E-state index contributed by atoms with van der Waals surface area (Å²) in [5.41, 5.74) is 0.202. The highest BCUT2D eigenvalue weighted by atomic mass is 16.4. The molecule has 0 radical (unpaired) electrons. The molecule has 0 atom stereocenters. The third kappa shape index (κ3) is 2.05. The summed E-state index contributed by atoms with van der Waals surface area (Å²) in [6.07, 6.45) is 2.90. The van der Waals surface area contributed by atoms with Gasteiger partial charge in [-0.05, 0) is 19.8 Å². The first-order valence-corrected chi connectivity index (χ1v) is 5.02. The first-order chi connectivity index (χ1) is 7.59. The van der Waals surface area contributed by atoms with Crippen LogP contribution in [0.15, 0.2) is 10.8 Å². The predicted octanol–water partition coefficient (Wildman–Crippen LogP) is 0.672. The zero-order chi connectivity index (χ0) is 11.7. The molecular weight excluding hydrogens is 212 g/mol. The zero-order valence-corrected chi connectivity index (χ0v) is 8.84. The van der Waals surface area contributed by atoms with Crippen molar-refractivity contribution in [1.82, 2.24) is 9.88 Å². The van der Waals surface area contributed by atoms with Gasteiger partial charge in [0.15, 0.2) is 12.1 Å². The Morgan fingerprint density at radius 3 is 2.75 bits per heavy atom. The highest BCUT2D eigenvalue weighted by molar-refractivity contribution is 5.95. The van der Waals surface area contributed by atoms with Crippen LogP contribution in [0.1, 0.15) is 29.1 Å². The van der Waals surface area contributed by atoms with E-state index in [1.165, 1.54) is 11.3 Å². The molecule has 6 nitrogen and oxygen atoms in total. The molecular formula is C10H12N2O4. The van der Waals surface area contributed by atoms with E-state index in [9.17, 15) is 9.59 Å². The number of hydrogen-bond acceptors (Lipinski definition) is 4. The number of nitrogens with zero attached hydrogens (tertiary/aromatic N) is 2. The van der Waals surface area contributed by atoms with Gasteiger partial charge in [-0.2, -0.15) is 0 Å². The first-order valence-electron chi connectivity index (χ1n) is 5.02. The Balaban J connectivity index is 2.17. The number of oxazole rings is 1. The summed E-state index contributed by atoms with van der Waals surface area (Å²) in [5.74, 6) is -0.960. The van der Waals surface area contributed by atoms with Gasteiger partial charge < -0.3 is 14.4 Å². The standard InChI is InChI=1S/C10H12N2O4/c1-6-9(11-5-16-6)10(15)12(4-8(13)14)7-2-3-7/h5,7H,2-4H2,1H3,(H,13,14). The highest BCUT2D eigenvalue weighted by Gasteiger charge is 2.35. The Hall–Kier alpha value is -1.85. The second-order valence-corrected chi connectivity index (χ2v) is 3.82. The van der Waals surface area contributed by atoms with Gasteiger partial charge >= 0.3 is 5.97 Å². The van der Waals surface area contributed by atoms with Crippen molar-refractivity contribution < 1.29 is 19.1 Å². The average molecular weight is 224 g/mol. The van der Waals surface area contributed by atoms with Crippen LogP contribution in [-0.2, 0) is 4.79 Å². The molecule has 0 spiro atoms. The van der Waals surface area contributed by atoms with E-state index >= 15 is 0 Å². The number of aromatic nitrogens is 1. The van der Waals surface area contributed by atoms with Crippen LogP contribution < -0.4 is 0 Å². The van der Waals surface area contributed by atoms with E-state index in [4.69, 9.17) is 9.52 Å². The second kappa shape index (κ2) is 3.96. The number of rotatable bonds is 4. The van der Waals surface area contributed by atoms with E-state index in [2.05, 4.69) is 4.98 Å². The molecule has 1 aromatic heterocycles. The highest BCUT2D eigenvalue weighted by Crippen LogP contribution is 2.28. The van der Waals surface area contributed by atoms with Crippen LogP contribution in [0.4, 0.5) is 0 Å². The molecule has 0 aromatic carbocycles. The molecule has 2 rings (SSSR count). The molecule has 1 fully saturated rings. The third-order valence-electron chi connectivity index (χ3n) is 2.50. The van der Waals surface area contributed by atoms with Crippen molar-refractivity contribution in [2.24, 2.45) is 0 Å². The Morgan fingerprint density at radius 1 is 1.62 bits per heavy atom. The number of carbonyl (C=O) groups is 2. The lowest BCUT2D eigenvalue weighted by Gasteiger charge is -2.18. The maximum Gasteiger partial charge on any atom is 0.323 e. The average Bonchev–Trinajstić information content (AvgIpc) is 2.97. The van der Waals surface area contributed by atoms with Crippen molar-refractivity contribution in [2.45, 2.75) is 25.8 Å². The maximum absolute atomic E-state index is 12.0. The third-order valence-corrected chi connectivity index (χ3v) is 2.50. The van der Waals surface area contributed by atoms with Crippen LogP contribution >= 0.6 is 0 Å². The van der Waals surface area contributed by atoms with Gasteiger partial charge in [-0.1, -0.05) is 0 Å². The van der Waals surface area contributed by atoms with Crippen LogP contribution in [0, 0.1) is 6.92 Å². The molecule has 86 valence electrons. The fourth-order valence-electron chi connectivity index (χ4n) is 1.55.